The van der Waals surface area contributed by atoms with Gasteiger partial charge >= 0.3 is 0 Å². The minimum atomic E-state index is 0.0437. The molecular formula is C18H25N5O2. The van der Waals surface area contributed by atoms with Crippen molar-refractivity contribution in [1.82, 2.24) is 25.0 Å². The van der Waals surface area contributed by atoms with E-state index in [-0.39, 0.29) is 5.91 Å². The molecule has 7 nitrogen and oxygen atoms in total. The van der Waals surface area contributed by atoms with Crippen LogP contribution in [0, 0.1) is 0 Å². The van der Waals surface area contributed by atoms with Gasteiger partial charge in [0.15, 0.2) is 0 Å². The molecule has 0 saturated carbocycles. The van der Waals surface area contributed by atoms with Gasteiger partial charge < -0.3 is 10.1 Å². The van der Waals surface area contributed by atoms with E-state index >= 15 is 0 Å². The smallest absolute Gasteiger partial charge is 0.234 e. The Morgan fingerprint density at radius 2 is 2.16 bits per heavy atom. The van der Waals surface area contributed by atoms with Crippen molar-refractivity contribution >= 4 is 5.91 Å². The molecule has 0 spiro atoms. The Morgan fingerprint density at radius 3 is 2.96 bits per heavy atom. The zero-order chi connectivity index (χ0) is 17.3. The molecule has 1 amide bonds. The quantitative estimate of drug-likeness (QED) is 0.732. The van der Waals surface area contributed by atoms with Crippen LogP contribution < -0.4 is 10.1 Å². The highest BCUT2D eigenvalue weighted by atomic mass is 16.5. The van der Waals surface area contributed by atoms with Crippen LogP contribution in [0.5, 0.6) is 5.75 Å². The number of piperidine rings is 1. The van der Waals surface area contributed by atoms with Crippen LogP contribution in [0.15, 0.2) is 43.0 Å². The van der Waals surface area contributed by atoms with Gasteiger partial charge in [-0.15, -0.1) is 0 Å². The van der Waals surface area contributed by atoms with Gasteiger partial charge in [-0.2, -0.15) is 5.10 Å². The maximum atomic E-state index is 12.2. The number of nitrogens with one attached hydrogen (secondary N) is 1. The van der Waals surface area contributed by atoms with Crippen LogP contribution in [0.1, 0.15) is 19.3 Å². The molecule has 3 rings (SSSR count). The zero-order valence-electron chi connectivity index (χ0n) is 14.4. The van der Waals surface area contributed by atoms with Gasteiger partial charge in [-0.3, -0.25) is 14.4 Å². The third-order valence-electron chi connectivity index (χ3n) is 4.40. The number of hydrogen-bond acceptors (Lipinski definition) is 5. The predicted molar refractivity (Wildman–Crippen MR) is 94.2 cm³/mol. The van der Waals surface area contributed by atoms with Gasteiger partial charge in [0.1, 0.15) is 25.0 Å². The minimum Gasteiger partial charge on any atom is -0.492 e. The Kier molecular flexibility index (Phi) is 6.39. The Labute approximate surface area is 148 Å². The van der Waals surface area contributed by atoms with E-state index in [1.165, 1.54) is 6.42 Å². The molecule has 1 N–H and O–H groups in total. The summed E-state index contributed by atoms with van der Waals surface area (Å²) >= 11 is 0. The molecule has 1 aromatic heterocycles. The number of nitrogens with zero attached hydrogens (tertiary/aromatic N) is 4. The average molecular weight is 343 g/mol. The van der Waals surface area contributed by atoms with E-state index in [1.807, 2.05) is 35.0 Å². The molecule has 1 aliphatic rings. The molecule has 1 fully saturated rings. The third-order valence-corrected chi connectivity index (χ3v) is 4.40. The molecule has 134 valence electrons. The minimum absolute atomic E-state index is 0.0437. The van der Waals surface area contributed by atoms with Crippen molar-refractivity contribution in [1.29, 1.82) is 0 Å². The second-order valence-electron chi connectivity index (χ2n) is 6.25. The number of carbonyl (C=O) groups excluding carboxylic acids is 1. The van der Waals surface area contributed by atoms with E-state index in [9.17, 15) is 4.79 Å². The van der Waals surface area contributed by atoms with Crippen molar-refractivity contribution in [3.05, 3.63) is 43.0 Å². The van der Waals surface area contributed by atoms with Crippen LogP contribution in [0.3, 0.4) is 0 Å². The van der Waals surface area contributed by atoms with Crippen molar-refractivity contribution in [2.75, 3.05) is 26.2 Å². The SMILES string of the molecule is O=C(CN1CCCC[C@@H]1Cn1cncn1)NCCOc1ccccc1. The van der Waals surface area contributed by atoms with Crippen LogP contribution >= 0.6 is 0 Å². The fourth-order valence-electron chi connectivity index (χ4n) is 3.13. The molecule has 0 bridgehead atoms. The normalized spacial score (nSPS) is 18.0. The zero-order valence-corrected chi connectivity index (χ0v) is 14.4. The first-order valence-electron chi connectivity index (χ1n) is 8.82. The highest BCUT2D eigenvalue weighted by Crippen LogP contribution is 2.17. The standard InChI is InChI=1S/C18H25N5O2/c24-18(20-9-11-25-17-7-2-1-3-8-17)13-22-10-5-4-6-16(22)12-23-15-19-14-21-23/h1-3,7-8,14-16H,4-6,9-13H2,(H,20,24)/t16-/m1/s1. The number of benzene rings is 1. The van der Waals surface area contributed by atoms with Crippen LogP contribution in [-0.2, 0) is 11.3 Å². The summed E-state index contributed by atoms with van der Waals surface area (Å²) in [6, 6.07) is 9.96. The lowest BCUT2D eigenvalue weighted by Crippen LogP contribution is -2.47. The number of aromatic nitrogens is 3. The van der Waals surface area contributed by atoms with Crippen molar-refractivity contribution in [3.8, 4) is 5.75 Å². The summed E-state index contributed by atoms with van der Waals surface area (Å²) in [6.07, 6.45) is 6.70. The first kappa shape index (κ1) is 17.4. The van der Waals surface area contributed by atoms with E-state index in [0.717, 1.165) is 31.7 Å². The van der Waals surface area contributed by atoms with Gasteiger partial charge in [0.25, 0.3) is 0 Å². The second kappa shape index (κ2) is 9.17. The van der Waals surface area contributed by atoms with Gasteiger partial charge in [-0.05, 0) is 31.5 Å². The number of para-hydroxylation sites is 1. The average Bonchev–Trinajstić information content (AvgIpc) is 3.14. The van der Waals surface area contributed by atoms with Gasteiger partial charge in [0.05, 0.1) is 19.6 Å². The molecule has 7 heteroatoms. The molecule has 0 radical (unpaired) electrons. The van der Waals surface area contributed by atoms with Crippen molar-refractivity contribution < 1.29 is 9.53 Å². The van der Waals surface area contributed by atoms with Gasteiger partial charge in [-0.25, -0.2) is 4.98 Å². The summed E-state index contributed by atoms with van der Waals surface area (Å²) in [5.74, 6) is 0.864. The van der Waals surface area contributed by atoms with Crippen LogP contribution in [-0.4, -0.2) is 57.9 Å². The molecule has 0 unspecified atom stereocenters. The Bertz CT molecular complexity index is 632. The van der Waals surface area contributed by atoms with Crippen molar-refractivity contribution in [3.63, 3.8) is 0 Å². The van der Waals surface area contributed by atoms with Crippen molar-refractivity contribution in [2.45, 2.75) is 31.8 Å². The van der Waals surface area contributed by atoms with E-state index in [1.54, 1.807) is 12.7 Å². The van der Waals surface area contributed by atoms with Crippen LogP contribution in [0.25, 0.3) is 0 Å². The van der Waals surface area contributed by atoms with Crippen LogP contribution in [0.2, 0.25) is 0 Å². The Balaban J connectivity index is 1.39. The van der Waals surface area contributed by atoms with E-state index in [0.29, 0.717) is 25.7 Å². The number of ether oxygens (including phenoxy) is 1. The van der Waals surface area contributed by atoms with Gasteiger partial charge in [0, 0.05) is 6.04 Å². The first-order chi connectivity index (χ1) is 12.3. The molecule has 1 aromatic carbocycles. The monoisotopic (exact) mass is 343 g/mol. The lowest BCUT2D eigenvalue weighted by molar-refractivity contribution is -0.123. The first-order valence-corrected chi connectivity index (χ1v) is 8.82. The van der Waals surface area contributed by atoms with E-state index in [2.05, 4.69) is 20.3 Å². The summed E-state index contributed by atoms with van der Waals surface area (Å²) in [5.41, 5.74) is 0. The summed E-state index contributed by atoms with van der Waals surface area (Å²) in [6.45, 7) is 3.13. The Hall–Kier alpha value is -2.41. The van der Waals surface area contributed by atoms with Crippen molar-refractivity contribution in [2.24, 2.45) is 0 Å². The lowest BCUT2D eigenvalue weighted by atomic mass is 10.0. The molecule has 2 heterocycles. The molecule has 1 atom stereocenters. The summed E-state index contributed by atoms with van der Waals surface area (Å²) < 4.78 is 7.43. The van der Waals surface area contributed by atoms with Gasteiger partial charge in [0.2, 0.25) is 5.91 Å². The third kappa shape index (κ3) is 5.56. The maximum Gasteiger partial charge on any atom is 0.234 e. The van der Waals surface area contributed by atoms with Gasteiger partial charge in [-0.1, -0.05) is 24.6 Å². The number of likely N-dealkylation sites (tertiary alicyclic amines) is 1. The van der Waals surface area contributed by atoms with E-state index < -0.39 is 0 Å². The van der Waals surface area contributed by atoms with Crippen LogP contribution in [0.4, 0.5) is 0 Å². The van der Waals surface area contributed by atoms with E-state index in [4.69, 9.17) is 4.74 Å². The summed E-state index contributed by atoms with van der Waals surface area (Å²) in [4.78, 5) is 18.5. The number of hydrogen-bond donors (Lipinski definition) is 1. The second-order valence-corrected chi connectivity index (χ2v) is 6.25. The molecule has 2 aromatic rings. The summed E-state index contributed by atoms with van der Waals surface area (Å²) in [7, 11) is 0. The Morgan fingerprint density at radius 1 is 1.28 bits per heavy atom. The predicted octanol–water partition coefficient (Wildman–Crippen LogP) is 1.33. The topological polar surface area (TPSA) is 72.3 Å². The highest BCUT2D eigenvalue weighted by Gasteiger charge is 2.24. The lowest BCUT2D eigenvalue weighted by Gasteiger charge is -2.34. The molecule has 1 aliphatic heterocycles. The fraction of sp³-hybridized carbons (Fsp3) is 0.500. The maximum absolute atomic E-state index is 12.2. The fourth-order valence-corrected chi connectivity index (χ4v) is 3.13. The number of rotatable bonds is 8. The number of amides is 1. The molecule has 25 heavy (non-hydrogen) atoms. The largest absolute Gasteiger partial charge is 0.492 e. The molecule has 0 aliphatic carbocycles. The number of carbonyl (C=O) groups is 1. The summed E-state index contributed by atoms with van der Waals surface area (Å²) in [5, 5.41) is 7.11. The highest BCUT2D eigenvalue weighted by molar-refractivity contribution is 5.78. The molecule has 1 saturated heterocycles. The molecular weight excluding hydrogens is 318 g/mol.